The molecule has 0 heterocycles. The molecule has 0 bridgehead atoms. The molecule has 2 aromatic carbocycles. The molecule has 2 N–H and O–H groups in total. The van der Waals surface area contributed by atoms with Gasteiger partial charge in [0.05, 0.1) is 12.2 Å². The molecule has 2 rings (SSSR count). The topological polar surface area (TPSA) is 76.7 Å². The van der Waals surface area contributed by atoms with Crippen LogP contribution in [0.1, 0.15) is 54.1 Å². The second kappa shape index (κ2) is 11.7. The molecule has 0 aromatic heterocycles. The molecule has 2 aromatic rings. The van der Waals surface area contributed by atoms with Gasteiger partial charge in [-0.25, -0.2) is 0 Å². The SMILES string of the molecule is CCCCCCOc1ccccc1C(=O)NNC(=O)COc1c(C)cccc1C. The summed E-state index contributed by atoms with van der Waals surface area (Å²) in [6.07, 6.45) is 4.37. The first-order valence-electron chi connectivity index (χ1n) is 10.0. The van der Waals surface area contributed by atoms with Gasteiger partial charge >= 0.3 is 0 Å². The largest absolute Gasteiger partial charge is 0.493 e. The van der Waals surface area contributed by atoms with Gasteiger partial charge in [0.2, 0.25) is 0 Å². The number of benzene rings is 2. The van der Waals surface area contributed by atoms with Gasteiger partial charge in [-0.2, -0.15) is 0 Å². The zero-order chi connectivity index (χ0) is 21.1. The average Bonchev–Trinajstić information content (AvgIpc) is 2.72. The third kappa shape index (κ3) is 7.14. The van der Waals surface area contributed by atoms with E-state index in [1.807, 2.05) is 38.1 Å². The maximum atomic E-state index is 12.4. The van der Waals surface area contributed by atoms with E-state index in [9.17, 15) is 9.59 Å². The van der Waals surface area contributed by atoms with Gasteiger partial charge in [-0.3, -0.25) is 20.4 Å². The van der Waals surface area contributed by atoms with Crippen molar-refractivity contribution in [3.8, 4) is 11.5 Å². The van der Waals surface area contributed by atoms with E-state index in [1.54, 1.807) is 18.2 Å². The minimum Gasteiger partial charge on any atom is -0.493 e. The zero-order valence-electron chi connectivity index (χ0n) is 17.4. The number of ether oxygens (including phenoxy) is 2. The number of hydrogen-bond acceptors (Lipinski definition) is 4. The molecular weight excluding hydrogens is 368 g/mol. The molecule has 0 atom stereocenters. The fourth-order valence-electron chi connectivity index (χ4n) is 2.89. The minimum atomic E-state index is -0.445. The van der Waals surface area contributed by atoms with Crippen molar-refractivity contribution in [2.24, 2.45) is 0 Å². The van der Waals surface area contributed by atoms with Gasteiger partial charge in [-0.15, -0.1) is 0 Å². The summed E-state index contributed by atoms with van der Waals surface area (Å²) >= 11 is 0. The summed E-state index contributed by atoms with van der Waals surface area (Å²) in [7, 11) is 0. The lowest BCUT2D eigenvalue weighted by Gasteiger charge is -2.14. The highest BCUT2D eigenvalue weighted by Crippen LogP contribution is 2.22. The Labute approximate surface area is 172 Å². The van der Waals surface area contributed by atoms with Crippen LogP contribution in [0.2, 0.25) is 0 Å². The lowest BCUT2D eigenvalue weighted by Crippen LogP contribution is -2.44. The number of nitrogens with one attached hydrogen (secondary N) is 2. The molecule has 0 saturated heterocycles. The molecule has 156 valence electrons. The second-order valence-corrected chi connectivity index (χ2v) is 6.92. The van der Waals surface area contributed by atoms with Crippen molar-refractivity contribution >= 4 is 11.8 Å². The predicted molar refractivity (Wildman–Crippen MR) is 113 cm³/mol. The molecule has 0 aliphatic rings. The Hall–Kier alpha value is -3.02. The van der Waals surface area contributed by atoms with Crippen LogP contribution >= 0.6 is 0 Å². The number of amides is 2. The van der Waals surface area contributed by atoms with Crippen LogP contribution in [0.5, 0.6) is 11.5 Å². The first-order chi connectivity index (χ1) is 14.0. The molecule has 0 radical (unpaired) electrons. The van der Waals surface area contributed by atoms with Crippen LogP contribution in [-0.4, -0.2) is 25.0 Å². The molecule has 6 heteroatoms. The summed E-state index contributed by atoms with van der Waals surface area (Å²) in [6, 6.07) is 12.8. The highest BCUT2D eigenvalue weighted by Gasteiger charge is 2.13. The van der Waals surface area contributed by atoms with Gasteiger partial charge in [-0.05, 0) is 43.5 Å². The number of aryl methyl sites for hydroxylation is 2. The number of unbranched alkanes of at least 4 members (excludes halogenated alkanes) is 3. The van der Waals surface area contributed by atoms with Gasteiger partial charge in [0.1, 0.15) is 11.5 Å². The molecule has 0 fully saturated rings. The molecule has 0 aliphatic carbocycles. The maximum Gasteiger partial charge on any atom is 0.276 e. The fraction of sp³-hybridized carbons (Fsp3) is 0.391. The van der Waals surface area contributed by atoms with E-state index in [4.69, 9.17) is 9.47 Å². The van der Waals surface area contributed by atoms with Crippen LogP contribution in [0.15, 0.2) is 42.5 Å². The molecule has 0 aliphatic heterocycles. The van der Waals surface area contributed by atoms with Crippen LogP contribution in [0.4, 0.5) is 0 Å². The first kappa shape index (κ1) is 22.3. The molecule has 6 nitrogen and oxygen atoms in total. The Kier molecular flexibility index (Phi) is 9.02. The van der Waals surface area contributed by atoms with Crippen molar-refractivity contribution in [1.82, 2.24) is 10.9 Å². The lowest BCUT2D eigenvalue weighted by molar-refractivity contribution is -0.123. The van der Waals surface area contributed by atoms with Gasteiger partial charge < -0.3 is 9.47 Å². The molecule has 0 unspecified atom stereocenters. The molecule has 0 spiro atoms. The summed E-state index contributed by atoms with van der Waals surface area (Å²) < 4.78 is 11.3. The summed E-state index contributed by atoms with van der Waals surface area (Å²) in [4.78, 5) is 24.5. The zero-order valence-corrected chi connectivity index (χ0v) is 17.4. The quantitative estimate of drug-likeness (QED) is 0.467. The fourth-order valence-corrected chi connectivity index (χ4v) is 2.89. The average molecular weight is 399 g/mol. The summed E-state index contributed by atoms with van der Waals surface area (Å²) in [6.45, 7) is 6.35. The Bertz CT molecular complexity index is 800. The van der Waals surface area contributed by atoms with Crippen molar-refractivity contribution in [3.05, 3.63) is 59.2 Å². The van der Waals surface area contributed by atoms with Crippen LogP contribution in [-0.2, 0) is 4.79 Å². The second-order valence-electron chi connectivity index (χ2n) is 6.92. The summed E-state index contributed by atoms with van der Waals surface area (Å²) in [5.74, 6) is 0.298. The number of hydrazine groups is 1. The molecular formula is C23H30N2O4. The first-order valence-corrected chi connectivity index (χ1v) is 10.0. The highest BCUT2D eigenvalue weighted by molar-refractivity contribution is 5.97. The van der Waals surface area contributed by atoms with Crippen molar-refractivity contribution in [1.29, 1.82) is 0 Å². The van der Waals surface area contributed by atoms with E-state index in [0.717, 1.165) is 30.4 Å². The van der Waals surface area contributed by atoms with Crippen molar-refractivity contribution < 1.29 is 19.1 Å². The summed E-state index contributed by atoms with van der Waals surface area (Å²) in [5, 5.41) is 0. The Morgan fingerprint density at radius 3 is 2.31 bits per heavy atom. The lowest BCUT2D eigenvalue weighted by atomic mass is 10.1. The number of para-hydroxylation sites is 2. The summed E-state index contributed by atoms with van der Waals surface area (Å²) in [5.41, 5.74) is 7.07. The third-order valence-corrected chi connectivity index (χ3v) is 4.46. The van der Waals surface area contributed by atoms with Crippen LogP contribution in [0.3, 0.4) is 0 Å². The number of carbonyl (C=O) groups is 2. The Morgan fingerprint density at radius 1 is 0.862 bits per heavy atom. The molecule has 29 heavy (non-hydrogen) atoms. The van der Waals surface area contributed by atoms with Crippen molar-refractivity contribution in [2.45, 2.75) is 46.5 Å². The van der Waals surface area contributed by atoms with E-state index in [1.165, 1.54) is 6.42 Å². The van der Waals surface area contributed by atoms with Crippen molar-refractivity contribution in [3.63, 3.8) is 0 Å². The standard InChI is InChI=1S/C23H30N2O4/c1-4-5-6-9-15-28-20-14-8-7-13-19(20)23(27)25-24-21(26)16-29-22-17(2)11-10-12-18(22)3/h7-8,10-14H,4-6,9,15-16H2,1-3H3,(H,24,26)(H,25,27). The van der Waals surface area contributed by atoms with Gasteiger partial charge in [0.25, 0.3) is 11.8 Å². The van der Waals surface area contributed by atoms with Crippen molar-refractivity contribution in [2.75, 3.05) is 13.2 Å². The Balaban J connectivity index is 1.83. The highest BCUT2D eigenvalue weighted by atomic mass is 16.5. The minimum absolute atomic E-state index is 0.193. The van der Waals surface area contributed by atoms with E-state index in [2.05, 4.69) is 17.8 Å². The van der Waals surface area contributed by atoms with Gasteiger partial charge in [0, 0.05) is 0 Å². The predicted octanol–water partition coefficient (Wildman–Crippen LogP) is 4.10. The molecule has 0 saturated carbocycles. The van der Waals surface area contributed by atoms with Crippen LogP contribution < -0.4 is 20.3 Å². The van der Waals surface area contributed by atoms with Gasteiger partial charge in [0.15, 0.2) is 6.61 Å². The third-order valence-electron chi connectivity index (χ3n) is 4.46. The van der Waals surface area contributed by atoms with Gasteiger partial charge in [-0.1, -0.05) is 56.5 Å². The van der Waals surface area contributed by atoms with E-state index >= 15 is 0 Å². The Morgan fingerprint density at radius 2 is 1.59 bits per heavy atom. The molecule has 2 amide bonds. The van der Waals surface area contributed by atoms with Crippen LogP contribution in [0.25, 0.3) is 0 Å². The van der Waals surface area contributed by atoms with E-state index in [0.29, 0.717) is 23.7 Å². The van der Waals surface area contributed by atoms with E-state index < -0.39 is 11.8 Å². The number of rotatable bonds is 10. The van der Waals surface area contributed by atoms with E-state index in [-0.39, 0.29) is 6.61 Å². The number of carbonyl (C=O) groups excluding carboxylic acids is 2. The normalized spacial score (nSPS) is 10.3. The maximum absolute atomic E-state index is 12.4. The monoisotopic (exact) mass is 398 g/mol. The number of hydrogen-bond donors (Lipinski definition) is 2. The smallest absolute Gasteiger partial charge is 0.276 e. The van der Waals surface area contributed by atoms with Crippen LogP contribution in [0, 0.1) is 13.8 Å².